The normalized spacial score (nSPS) is 13.0. The number of unbranched alkanes of at least 4 members (excludes halogenated alkanes) is 23. The SMILES string of the molecule is CC/C=C\C/C=C\C/C=C\C/C=C\CCCCCCCCCCCCCCC(=O)OCC(COC(=O)CCCC/C=C\C/C=C\C/C=C\C/C=C\CC)OC(=O)CCCCCCC/C=C\C/C=C\CCCCCC. The number of allylic oxidation sites excluding steroid dienone is 20. The van der Waals surface area contributed by atoms with Gasteiger partial charge in [-0.15, -0.1) is 0 Å². The lowest BCUT2D eigenvalue weighted by atomic mass is 10.0. The second-order valence-corrected chi connectivity index (χ2v) is 19.8. The van der Waals surface area contributed by atoms with Crippen molar-refractivity contribution in [3.63, 3.8) is 0 Å². The van der Waals surface area contributed by atoms with Gasteiger partial charge in [-0.2, -0.15) is 0 Å². The molecule has 0 aliphatic rings. The van der Waals surface area contributed by atoms with Crippen molar-refractivity contribution in [3.8, 4) is 0 Å². The molecule has 0 aromatic heterocycles. The molecule has 6 nitrogen and oxygen atoms in total. The van der Waals surface area contributed by atoms with Crippen LogP contribution in [0.1, 0.15) is 271 Å². The molecule has 0 saturated heterocycles. The first-order valence-electron chi connectivity index (χ1n) is 30.5. The van der Waals surface area contributed by atoms with Gasteiger partial charge in [-0.1, -0.05) is 245 Å². The molecule has 0 aromatic rings. The van der Waals surface area contributed by atoms with Crippen LogP contribution in [0.25, 0.3) is 0 Å². The molecule has 0 aliphatic carbocycles. The van der Waals surface area contributed by atoms with Gasteiger partial charge < -0.3 is 14.2 Å². The van der Waals surface area contributed by atoms with E-state index in [9.17, 15) is 14.4 Å². The van der Waals surface area contributed by atoms with E-state index in [4.69, 9.17) is 14.2 Å². The van der Waals surface area contributed by atoms with Crippen molar-refractivity contribution in [2.45, 2.75) is 277 Å². The highest BCUT2D eigenvalue weighted by atomic mass is 16.6. The van der Waals surface area contributed by atoms with Crippen molar-refractivity contribution in [1.29, 1.82) is 0 Å². The maximum Gasteiger partial charge on any atom is 0.306 e. The van der Waals surface area contributed by atoms with E-state index in [1.807, 2.05) is 0 Å². The van der Waals surface area contributed by atoms with E-state index in [1.165, 1.54) is 96.3 Å². The summed E-state index contributed by atoms with van der Waals surface area (Å²) >= 11 is 0. The molecule has 6 heteroatoms. The fourth-order valence-corrected chi connectivity index (χ4v) is 8.16. The minimum absolute atomic E-state index is 0.1000. The maximum absolute atomic E-state index is 12.9. The van der Waals surface area contributed by atoms with Crippen LogP contribution in [0.3, 0.4) is 0 Å². The molecular formula is C68H112O6. The number of esters is 3. The van der Waals surface area contributed by atoms with Gasteiger partial charge in [-0.3, -0.25) is 14.4 Å². The monoisotopic (exact) mass is 1020 g/mol. The highest BCUT2D eigenvalue weighted by Gasteiger charge is 2.19. The van der Waals surface area contributed by atoms with Crippen molar-refractivity contribution in [2.24, 2.45) is 0 Å². The largest absolute Gasteiger partial charge is 0.462 e. The Balaban J connectivity index is 4.39. The second-order valence-electron chi connectivity index (χ2n) is 19.8. The third-order valence-electron chi connectivity index (χ3n) is 12.7. The Morgan fingerprint density at radius 3 is 0.851 bits per heavy atom. The van der Waals surface area contributed by atoms with E-state index in [0.29, 0.717) is 19.3 Å². The predicted molar refractivity (Wildman–Crippen MR) is 320 cm³/mol. The molecule has 0 amide bonds. The Kier molecular flexibility index (Phi) is 57.9. The summed E-state index contributed by atoms with van der Waals surface area (Å²) in [6.07, 6.45) is 84.8. The minimum Gasteiger partial charge on any atom is -0.462 e. The first kappa shape index (κ1) is 69.8. The molecule has 420 valence electrons. The quantitative estimate of drug-likeness (QED) is 0.0261. The van der Waals surface area contributed by atoms with Crippen molar-refractivity contribution >= 4 is 17.9 Å². The van der Waals surface area contributed by atoms with Crippen LogP contribution >= 0.6 is 0 Å². The van der Waals surface area contributed by atoms with Crippen LogP contribution < -0.4 is 0 Å². The van der Waals surface area contributed by atoms with Crippen molar-refractivity contribution < 1.29 is 28.6 Å². The lowest BCUT2D eigenvalue weighted by Gasteiger charge is -2.18. The molecule has 0 aliphatic heterocycles. The molecule has 0 aromatic carbocycles. The number of hydrogen-bond donors (Lipinski definition) is 0. The van der Waals surface area contributed by atoms with Gasteiger partial charge in [0, 0.05) is 19.3 Å². The summed E-state index contributed by atoms with van der Waals surface area (Å²) in [6, 6.07) is 0. The Morgan fingerprint density at radius 2 is 0.527 bits per heavy atom. The zero-order chi connectivity index (χ0) is 53.6. The molecule has 0 N–H and O–H groups in total. The summed E-state index contributed by atoms with van der Waals surface area (Å²) in [4.78, 5) is 38.2. The summed E-state index contributed by atoms with van der Waals surface area (Å²) in [5, 5.41) is 0. The van der Waals surface area contributed by atoms with E-state index in [-0.39, 0.29) is 31.1 Å². The lowest BCUT2D eigenvalue weighted by molar-refractivity contribution is -0.167. The average Bonchev–Trinajstić information content (AvgIpc) is 3.40. The van der Waals surface area contributed by atoms with Gasteiger partial charge in [0.2, 0.25) is 0 Å². The Morgan fingerprint density at radius 1 is 0.284 bits per heavy atom. The molecule has 0 heterocycles. The number of carbonyl (C=O) groups is 3. The summed E-state index contributed by atoms with van der Waals surface area (Å²) in [7, 11) is 0. The molecule has 1 unspecified atom stereocenters. The highest BCUT2D eigenvalue weighted by molar-refractivity contribution is 5.71. The van der Waals surface area contributed by atoms with Crippen LogP contribution in [0.15, 0.2) is 122 Å². The van der Waals surface area contributed by atoms with Crippen molar-refractivity contribution in [2.75, 3.05) is 13.2 Å². The van der Waals surface area contributed by atoms with Gasteiger partial charge in [-0.25, -0.2) is 0 Å². The fourth-order valence-electron chi connectivity index (χ4n) is 8.16. The number of rotatable bonds is 54. The zero-order valence-corrected chi connectivity index (χ0v) is 48.1. The molecule has 0 fully saturated rings. The van der Waals surface area contributed by atoms with Crippen LogP contribution in [0, 0.1) is 0 Å². The molecule has 0 radical (unpaired) electrons. The molecule has 0 spiro atoms. The second kappa shape index (κ2) is 61.4. The highest BCUT2D eigenvalue weighted by Crippen LogP contribution is 2.15. The van der Waals surface area contributed by atoms with E-state index < -0.39 is 6.10 Å². The third-order valence-corrected chi connectivity index (χ3v) is 12.7. The van der Waals surface area contributed by atoms with E-state index in [1.54, 1.807) is 0 Å². The third kappa shape index (κ3) is 58.7. The van der Waals surface area contributed by atoms with Crippen LogP contribution in [-0.4, -0.2) is 37.2 Å². The minimum atomic E-state index is -0.807. The molecule has 0 bridgehead atoms. The topological polar surface area (TPSA) is 78.9 Å². The van der Waals surface area contributed by atoms with Gasteiger partial charge in [0.1, 0.15) is 13.2 Å². The molecular weight excluding hydrogens is 913 g/mol. The molecule has 0 saturated carbocycles. The first-order chi connectivity index (χ1) is 36.5. The average molecular weight is 1030 g/mol. The van der Waals surface area contributed by atoms with E-state index in [2.05, 4.69) is 142 Å². The standard InChI is InChI=1S/C68H112O6/c1-4-7-10-13-16-19-22-25-28-30-31-32-33-34-35-36-37-38-41-43-46-49-52-55-58-61-67(70)73-64-65(63-72-66(69)60-57-54-51-48-45-42-39-27-24-21-18-15-12-9-6-3)74-68(71)62-59-56-53-50-47-44-40-29-26-23-20-17-14-11-8-5-2/h7,9-10,12,16,18-21,23,25,27-29,31-32,39-40,45,48,65H,4-6,8,11,13-15,17,22,24,26,30,33-38,41-44,46-47,49-64H2,1-3H3/b10-7-,12-9-,19-16-,21-18-,23-20-,28-25-,32-31-,39-27-,40-29-,48-45-. The summed E-state index contributed by atoms with van der Waals surface area (Å²) in [5.74, 6) is -0.957. The number of carbonyl (C=O) groups excluding carboxylic acids is 3. The van der Waals surface area contributed by atoms with Crippen LogP contribution in [0.4, 0.5) is 0 Å². The van der Waals surface area contributed by atoms with Gasteiger partial charge >= 0.3 is 17.9 Å². The van der Waals surface area contributed by atoms with Crippen molar-refractivity contribution in [3.05, 3.63) is 122 Å². The predicted octanol–water partition coefficient (Wildman–Crippen LogP) is 20.8. The van der Waals surface area contributed by atoms with Gasteiger partial charge in [-0.05, 0) is 128 Å². The van der Waals surface area contributed by atoms with Crippen LogP contribution in [-0.2, 0) is 28.6 Å². The van der Waals surface area contributed by atoms with Crippen molar-refractivity contribution in [1.82, 2.24) is 0 Å². The maximum atomic E-state index is 12.9. The summed E-state index contributed by atoms with van der Waals surface area (Å²) in [6.45, 7) is 6.35. The Labute approximate surface area is 456 Å². The van der Waals surface area contributed by atoms with Crippen LogP contribution in [0.5, 0.6) is 0 Å². The fraction of sp³-hybridized carbons (Fsp3) is 0.662. The van der Waals surface area contributed by atoms with E-state index >= 15 is 0 Å². The molecule has 74 heavy (non-hydrogen) atoms. The van der Waals surface area contributed by atoms with E-state index in [0.717, 1.165) is 135 Å². The molecule has 0 rings (SSSR count). The zero-order valence-electron chi connectivity index (χ0n) is 48.1. The van der Waals surface area contributed by atoms with Crippen LogP contribution in [0.2, 0.25) is 0 Å². The van der Waals surface area contributed by atoms with Gasteiger partial charge in [0.15, 0.2) is 6.10 Å². The molecule has 1 atom stereocenters. The number of ether oxygens (including phenoxy) is 3. The number of hydrogen-bond acceptors (Lipinski definition) is 6. The summed E-state index contributed by atoms with van der Waals surface area (Å²) < 4.78 is 16.9. The lowest BCUT2D eigenvalue weighted by Crippen LogP contribution is -2.30. The smallest absolute Gasteiger partial charge is 0.306 e. The Bertz CT molecular complexity index is 1550. The van der Waals surface area contributed by atoms with Gasteiger partial charge in [0.25, 0.3) is 0 Å². The first-order valence-corrected chi connectivity index (χ1v) is 30.5. The summed E-state index contributed by atoms with van der Waals surface area (Å²) in [5.41, 5.74) is 0. The Hall–Kier alpha value is -4.19. The van der Waals surface area contributed by atoms with Gasteiger partial charge in [0.05, 0.1) is 0 Å².